The lowest BCUT2D eigenvalue weighted by Crippen LogP contribution is -2.60. The number of benzene rings is 1. The topological polar surface area (TPSA) is 36.6 Å². The number of fused-ring (bicyclic) bond motifs is 2. The molecule has 0 radical (unpaired) electrons. The van der Waals surface area contributed by atoms with Gasteiger partial charge in [0.05, 0.1) is 5.41 Å². The molecule has 1 atom stereocenters. The van der Waals surface area contributed by atoms with Gasteiger partial charge in [0.1, 0.15) is 7.05 Å². The number of aryl methyl sites for hydroxylation is 1. The van der Waals surface area contributed by atoms with Crippen molar-refractivity contribution in [1.29, 1.82) is 0 Å². The first-order valence-corrected chi connectivity index (χ1v) is 9.28. The molecule has 0 fully saturated rings. The van der Waals surface area contributed by atoms with Crippen LogP contribution in [0, 0.1) is 6.92 Å². The first-order valence-electron chi connectivity index (χ1n) is 9.28. The fourth-order valence-corrected chi connectivity index (χ4v) is 4.37. The van der Waals surface area contributed by atoms with Crippen LogP contribution in [-0.2, 0) is 12.5 Å². The van der Waals surface area contributed by atoms with Gasteiger partial charge in [0, 0.05) is 37.9 Å². The zero-order valence-electron chi connectivity index (χ0n) is 16.0. The monoisotopic (exact) mass is 351 g/mol. The maximum absolute atomic E-state index is 9.43. The van der Waals surface area contributed by atoms with Gasteiger partial charge in [0.15, 0.2) is 11.4 Å². The van der Waals surface area contributed by atoms with Gasteiger partial charge in [-0.3, -0.25) is 0 Å². The average molecular weight is 351 g/mol. The summed E-state index contributed by atoms with van der Waals surface area (Å²) in [4.78, 5) is 2.32. The van der Waals surface area contributed by atoms with Crippen LogP contribution in [0.3, 0.4) is 0 Å². The highest BCUT2D eigenvalue weighted by Gasteiger charge is 2.59. The van der Waals surface area contributed by atoms with E-state index in [1.807, 2.05) is 0 Å². The number of nitrogens with zero attached hydrogens (tertiary/aromatic N) is 2. The highest BCUT2D eigenvalue weighted by atomic mass is 16.5. The Morgan fingerprint density at radius 3 is 2.69 bits per heavy atom. The third-order valence-electron chi connectivity index (χ3n) is 6.06. The highest BCUT2D eigenvalue weighted by Crippen LogP contribution is 2.54. The van der Waals surface area contributed by atoms with Crippen molar-refractivity contribution in [3.05, 3.63) is 59.4 Å². The largest absolute Gasteiger partial charge is 0.456 e. The summed E-state index contributed by atoms with van der Waals surface area (Å²) >= 11 is 0. The normalized spacial score (nSPS) is 22.3. The molecular formula is C22H27N2O2+. The number of anilines is 1. The summed E-state index contributed by atoms with van der Waals surface area (Å²) in [7, 11) is 2.07. The Hall–Kier alpha value is -2.33. The number of aliphatic hydroxyl groups is 1. The Balaban J connectivity index is 1.88. The number of aliphatic hydroxyl groups excluding tert-OH is 1. The van der Waals surface area contributed by atoms with Crippen molar-refractivity contribution < 1.29 is 14.4 Å². The van der Waals surface area contributed by atoms with Crippen LogP contribution in [0.25, 0.3) is 6.08 Å². The van der Waals surface area contributed by atoms with Crippen LogP contribution >= 0.6 is 0 Å². The molecule has 1 N–H and O–H groups in total. The maximum atomic E-state index is 9.43. The lowest BCUT2D eigenvalue weighted by molar-refractivity contribution is -0.680. The van der Waals surface area contributed by atoms with Crippen LogP contribution in [0.1, 0.15) is 37.2 Å². The quantitative estimate of drug-likeness (QED) is 0.864. The molecule has 3 heterocycles. The molecule has 2 aliphatic rings. The summed E-state index contributed by atoms with van der Waals surface area (Å²) in [5.74, 6) is 0.899. The molecule has 4 heteroatoms. The van der Waals surface area contributed by atoms with Crippen molar-refractivity contribution in [2.45, 2.75) is 38.3 Å². The number of pyridine rings is 1. The number of aromatic nitrogens is 1. The molecule has 4 nitrogen and oxygen atoms in total. The maximum Gasteiger partial charge on any atom is 0.247 e. The van der Waals surface area contributed by atoms with Gasteiger partial charge in [-0.1, -0.05) is 18.2 Å². The minimum atomic E-state index is -0.596. The van der Waals surface area contributed by atoms with Gasteiger partial charge >= 0.3 is 0 Å². The van der Waals surface area contributed by atoms with Crippen molar-refractivity contribution in [2.75, 3.05) is 18.1 Å². The minimum Gasteiger partial charge on any atom is -0.456 e. The first kappa shape index (κ1) is 17.1. The average Bonchev–Trinajstić information content (AvgIpc) is 2.81. The molecule has 2 aliphatic heterocycles. The van der Waals surface area contributed by atoms with E-state index in [2.05, 4.69) is 85.8 Å². The van der Waals surface area contributed by atoms with Gasteiger partial charge in [-0.2, -0.15) is 4.57 Å². The number of ether oxygens (including phenoxy) is 1. The van der Waals surface area contributed by atoms with E-state index in [0.29, 0.717) is 6.42 Å². The lowest BCUT2D eigenvalue weighted by Gasteiger charge is -2.46. The second kappa shape index (κ2) is 5.85. The smallest absolute Gasteiger partial charge is 0.247 e. The van der Waals surface area contributed by atoms with Gasteiger partial charge in [0.2, 0.25) is 11.4 Å². The molecule has 1 unspecified atom stereocenters. The Labute approximate surface area is 155 Å². The van der Waals surface area contributed by atoms with Crippen molar-refractivity contribution in [2.24, 2.45) is 7.05 Å². The fourth-order valence-electron chi connectivity index (χ4n) is 4.37. The van der Waals surface area contributed by atoms with E-state index >= 15 is 0 Å². The molecule has 0 bridgehead atoms. The van der Waals surface area contributed by atoms with Gasteiger partial charge < -0.3 is 14.7 Å². The SMILES string of the molecule is Cc1ccc2c([n+]1C)C=CC1(O2)N(CCCO)c2ccccc2C1(C)C. The molecule has 1 spiro atoms. The number of rotatable bonds is 3. The third-order valence-corrected chi connectivity index (χ3v) is 6.06. The lowest BCUT2D eigenvalue weighted by atomic mass is 9.76. The van der Waals surface area contributed by atoms with Crippen molar-refractivity contribution >= 4 is 11.8 Å². The van der Waals surface area contributed by atoms with E-state index in [9.17, 15) is 5.11 Å². The van der Waals surface area contributed by atoms with Gasteiger partial charge in [-0.25, -0.2) is 0 Å². The summed E-state index contributed by atoms with van der Waals surface area (Å²) < 4.78 is 8.92. The number of para-hydroxylation sites is 1. The van der Waals surface area contributed by atoms with E-state index in [-0.39, 0.29) is 12.0 Å². The first-order chi connectivity index (χ1) is 12.4. The molecule has 4 rings (SSSR count). The third kappa shape index (κ3) is 2.15. The fraction of sp³-hybridized carbons (Fsp3) is 0.409. The van der Waals surface area contributed by atoms with Crippen molar-refractivity contribution in [1.82, 2.24) is 0 Å². The standard InChI is InChI=1S/C22H27N2O2/c1-16-10-11-20-19(23(16)4)12-13-22(26-20)21(2,3)17-8-5-6-9-18(17)24(22)14-7-15-25/h5-6,8-13,25H,7,14-15H2,1-4H3/q+1. The predicted molar refractivity (Wildman–Crippen MR) is 103 cm³/mol. The molecule has 2 aromatic rings. The molecule has 0 saturated carbocycles. The molecule has 26 heavy (non-hydrogen) atoms. The molecular weight excluding hydrogens is 324 g/mol. The van der Waals surface area contributed by atoms with Crippen LogP contribution in [0.15, 0.2) is 42.5 Å². The second-order valence-electron chi connectivity index (χ2n) is 7.79. The zero-order chi connectivity index (χ0) is 18.5. The van der Waals surface area contributed by atoms with Crippen LogP contribution in [0.4, 0.5) is 5.69 Å². The molecule has 0 aliphatic carbocycles. The van der Waals surface area contributed by atoms with Crippen LogP contribution in [-0.4, -0.2) is 24.0 Å². The Kier molecular flexibility index (Phi) is 3.85. The van der Waals surface area contributed by atoms with Crippen molar-refractivity contribution in [3.63, 3.8) is 0 Å². The molecule has 1 aromatic heterocycles. The molecule has 0 saturated heterocycles. The molecule has 1 aromatic carbocycles. The number of hydrogen-bond donors (Lipinski definition) is 1. The Morgan fingerprint density at radius 2 is 1.92 bits per heavy atom. The van der Waals surface area contributed by atoms with Crippen LogP contribution in [0.2, 0.25) is 0 Å². The summed E-state index contributed by atoms with van der Waals surface area (Å²) in [6.45, 7) is 7.50. The summed E-state index contributed by atoms with van der Waals surface area (Å²) in [5, 5.41) is 9.43. The Morgan fingerprint density at radius 1 is 1.15 bits per heavy atom. The summed E-state index contributed by atoms with van der Waals surface area (Å²) in [5.41, 5.74) is 3.93. The molecule has 0 amide bonds. The minimum absolute atomic E-state index is 0.170. The summed E-state index contributed by atoms with van der Waals surface area (Å²) in [6, 6.07) is 12.7. The zero-order valence-corrected chi connectivity index (χ0v) is 16.0. The van der Waals surface area contributed by atoms with Crippen LogP contribution < -0.4 is 14.2 Å². The molecule has 136 valence electrons. The van der Waals surface area contributed by atoms with Gasteiger partial charge in [-0.15, -0.1) is 0 Å². The highest BCUT2D eigenvalue weighted by molar-refractivity contribution is 5.71. The van der Waals surface area contributed by atoms with E-state index in [1.165, 1.54) is 16.9 Å². The summed E-state index contributed by atoms with van der Waals surface area (Å²) in [6.07, 6.45) is 5.09. The van der Waals surface area contributed by atoms with Gasteiger partial charge in [-0.05, 0) is 44.0 Å². The van der Waals surface area contributed by atoms with E-state index < -0.39 is 5.72 Å². The van der Waals surface area contributed by atoms with E-state index in [4.69, 9.17) is 4.74 Å². The predicted octanol–water partition coefficient (Wildman–Crippen LogP) is 3.10. The van der Waals surface area contributed by atoms with Gasteiger partial charge in [0.25, 0.3) is 0 Å². The number of hydrogen-bond acceptors (Lipinski definition) is 3. The Bertz CT molecular complexity index is 888. The van der Waals surface area contributed by atoms with Crippen LogP contribution in [0.5, 0.6) is 5.75 Å². The second-order valence-corrected chi connectivity index (χ2v) is 7.79. The van der Waals surface area contributed by atoms with E-state index in [0.717, 1.165) is 18.0 Å². The van der Waals surface area contributed by atoms with E-state index in [1.54, 1.807) is 0 Å². The van der Waals surface area contributed by atoms with Crippen molar-refractivity contribution in [3.8, 4) is 5.75 Å².